The van der Waals surface area contributed by atoms with Gasteiger partial charge in [0, 0.05) is 7.11 Å². The number of benzene rings is 1. The first-order valence-electron chi connectivity index (χ1n) is 6.14. The van der Waals surface area contributed by atoms with Crippen molar-refractivity contribution < 1.29 is 4.74 Å². The van der Waals surface area contributed by atoms with Gasteiger partial charge in [0.1, 0.15) is 0 Å². The zero-order chi connectivity index (χ0) is 11.3. The third-order valence-corrected chi connectivity index (χ3v) is 3.66. The molecule has 1 fully saturated rings. The summed E-state index contributed by atoms with van der Waals surface area (Å²) in [6.45, 7) is 2.17. The van der Waals surface area contributed by atoms with Crippen molar-refractivity contribution in [3.63, 3.8) is 0 Å². The number of methoxy groups -OCH3 is 1. The molecule has 1 aliphatic heterocycles. The molecule has 0 spiro atoms. The van der Waals surface area contributed by atoms with Gasteiger partial charge in [-0.1, -0.05) is 30.3 Å². The van der Waals surface area contributed by atoms with Crippen LogP contribution in [0.5, 0.6) is 0 Å². The van der Waals surface area contributed by atoms with Crippen molar-refractivity contribution in [2.45, 2.75) is 31.3 Å². The van der Waals surface area contributed by atoms with Crippen molar-refractivity contribution >= 4 is 0 Å². The number of piperidine rings is 1. The molecule has 1 heterocycles. The van der Waals surface area contributed by atoms with Gasteiger partial charge in [-0.2, -0.15) is 0 Å². The van der Waals surface area contributed by atoms with Crippen LogP contribution < -0.4 is 5.32 Å². The summed E-state index contributed by atoms with van der Waals surface area (Å²) in [4.78, 5) is 0. The van der Waals surface area contributed by atoms with Crippen molar-refractivity contribution in [3.8, 4) is 0 Å². The molecule has 0 radical (unpaired) electrons. The molecule has 2 heteroatoms. The minimum Gasteiger partial charge on any atom is -0.378 e. The Morgan fingerprint density at radius 2 is 1.88 bits per heavy atom. The van der Waals surface area contributed by atoms with Gasteiger partial charge in [0.25, 0.3) is 0 Å². The van der Waals surface area contributed by atoms with E-state index in [9.17, 15) is 0 Å². The first kappa shape index (κ1) is 11.6. The van der Waals surface area contributed by atoms with Crippen LogP contribution in [0.2, 0.25) is 0 Å². The van der Waals surface area contributed by atoms with E-state index in [0.29, 0.717) is 0 Å². The fourth-order valence-electron chi connectivity index (χ4n) is 2.46. The van der Waals surface area contributed by atoms with Crippen LogP contribution in [0.1, 0.15) is 24.8 Å². The summed E-state index contributed by atoms with van der Waals surface area (Å²) in [5.74, 6) is 0. The highest BCUT2D eigenvalue weighted by molar-refractivity contribution is 5.15. The summed E-state index contributed by atoms with van der Waals surface area (Å²) < 4.78 is 5.76. The molecule has 88 valence electrons. The molecular weight excluding hydrogens is 198 g/mol. The maximum atomic E-state index is 5.76. The number of rotatable bonds is 4. The number of nitrogens with one attached hydrogen (secondary N) is 1. The molecule has 1 aromatic rings. The van der Waals surface area contributed by atoms with Gasteiger partial charge in [0.2, 0.25) is 0 Å². The number of hydrogen-bond donors (Lipinski definition) is 1. The van der Waals surface area contributed by atoms with E-state index in [1.165, 1.54) is 5.56 Å². The van der Waals surface area contributed by atoms with Gasteiger partial charge >= 0.3 is 0 Å². The van der Waals surface area contributed by atoms with Gasteiger partial charge in [-0.15, -0.1) is 0 Å². The second-order valence-corrected chi connectivity index (χ2v) is 4.62. The van der Waals surface area contributed by atoms with Crippen LogP contribution in [0.4, 0.5) is 0 Å². The molecule has 0 aliphatic carbocycles. The van der Waals surface area contributed by atoms with Crippen LogP contribution in [0.25, 0.3) is 0 Å². The molecule has 1 N–H and O–H groups in total. The summed E-state index contributed by atoms with van der Waals surface area (Å²) in [5.41, 5.74) is 1.53. The van der Waals surface area contributed by atoms with E-state index < -0.39 is 0 Å². The molecule has 0 bridgehead atoms. The normalized spacial score (nSPS) is 19.6. The minimum atomic E-state index is 0.112. The highest BCUT2D eigenvalue weighted by Crippen LogP contribution is 2.27. The highest BCUT2D eigenvalue weighted by Gasteiger charge is 2.31. The summed E-state index contributed by atoms with van der Waals surface area (Å²) in [7, 11) is 1.86. The Morgan fingerprint density at radius 1 is 1.19 bits per heavy atom. The Labute approximate surface area is 98.0 Å². The van der Waals surface area contributed by atoms with Crippen LogP contribution >= 0.6 is 0 Å². The summed E-state index contributed by atoms with van der Waals surface area (Å²) in [6.07, 6.45) is 4.52. The first-order valence-corrected chi connectivity index (χ1v) is 6.14. The molecule has 1 aliphatic rings. The van der Waals surface area contributed by atoms with Crippen LogP contribution in [-0.4, -0.2) is 25.8 Å². The maximum Gasteiger partial charge on any atom is 0.0706 e. The fourth-order valence-corrected chi connectivity index (χ4v) is 2.46. The molecule has 0 atom stereocenters. The van der Waals surface area contributed by atoms with E-state index in [2.05, 4.69) is 35.6 Å². The van der Waals surface area contributed by atoms with Crippen LogP contribution in [0, 0.1) is 0 Å². The molecule has 2 rings (SSSR count). The van der Waals surface area contributed by atoms with Gasteiger partial charge in [0.05, 0.1) is 5.60 Å². The fraction of sp³-hybridized carbons (Fsp3) is 0.571. The van der Waals surface area contributed by atoms with E-state index in [0.717, 1.165) is 38.8 Å². The van der Waals surface area contributed by atoms with E-state index in [4.69, 9.17) is 4.74 Å². The Hall–Kier alpha value is -0.860. The van der Waals surface area contributed by atoms with Crippen molar-refractivity contribution in [3.05, 3.63) is 35.9 Å². The number of hydrogen-bond acceptors (Lipinski definition) is 2. The lowest BCUT2D eigenvalue weighted by Crippen LogP contribution is -2.43. The molecule has 0 aromatic heterocycles. The number of aryl methyl sites for hydroxylation is 1. The van der Waals surface area contributed by atoms with Gasteiger partial charge < -0.3 is 10.1 Å². The Morgan fingerprint density at radius 3 is 2.50 bits per heavy atom. The van der Waals surface area contributed by atoms with Gasteiger partial charge in [0.15, 0.2) is 0 Å². The second kappa shape index (κ2) is 5.46. The monoisotopic (exact) mass is 219 g/mol. The molecule has 0 unspecified atom stereocenters. The van der Waals surface area contributed by atoms with Gasteiger partial charge in [-0.05, 0) is 44.3 Å². The zero-order valence-electron chi connectivity index (χ0n) is 10.0. The lowest BCUT2D eigenvalue weighted by atomic mass is 9.86. The van der Waals surface area contributed by atoms with Crippen molar-refractivity contribution in [2.24, 2.45) is 0 Å². The number of ether oxygens (including phenoxy) is 1. The SMILES string of the molecule is COC1(CCc2ccccc2)CCNCC1. The third kappa shape index (κ3) is 2.83. The zero-order valence-corrected chi connectivity index (χ0v) is 10.0. The molecule has 0 amide bonds. The average Bonchev–Trinajstić information content (AvgIpc) is 2.39. The smallest absolute Gasteiger partial charge is 0.0706 e. The molecule has 0 saturated carbocycles. The summed E-state index contributed by atoms with van der Waals surface area (Å²) in [6, 6.07) is 10.7. The van der Waals surface area contributed by atoms with Gasteiger partial charge in [-0.25, -0.2) is 0 Å². The Balaban J connectivity index is 1.92. The maximum absolute atomic E-state index is 5.76. The van der Waals surface area contributed by atoms with E-state index in [-0.39, 0.29) is 5.60 Å². The minimum absolute atomic E-state index is 0.112. The molecule has 1 aromatic carbocycles. The highest BCUT2D eigenvalue weighted by atomic mass is 16.5. The molecule has 16 heavy (non-hydrogen) atoms. The molecule has 2 nitrogen and oxygen atoms in total. The Bertz CT molecular complexity index is 304. The summed E-state index contributed by atoms with van der Waals surface area (Å²) in [5, 5.41) is 3.39. The molecular formula is C14H21NO. The topological polar surface area (TPSA) is 21.3 Å². The first-order chi connectivity index (χ1) is 7.85. The Kier molecular flexibility index (Phi) is 3.97. The lowest BCUT2D eigenvalue weighted by molar-refractivity contribution is -0.0400. The summed E-state index contributed by atoms with van der Waals surface area (Å²) >= 11 is 0. The average molecular weight is 219 g/mol. The second-order valence-electron chi connectivity index (χ2n) is 4.62. The van der Waals surface area contributed by atoms with Crippen molar-refractivity contribution in [1.29, 1.82) is 0 Å². The third-order valence-electron chi connectivity index (χ3n) is 3.66. The van der Waals surface area contributed by atoms with E-state index in [1.807, 2.05) is 7.11 Å². The largest absolute Gasteiger partial charge is 0.378 e. The predicted octanol–water partition coefficient (Wildman–Crippen LogP) is 2.39. The molecule has 1 saturated heterocycles. The lowest BCUT2D eigenvalue weighted by Gasteiger charge is -2.36. The van der Waals surface area contributed by atoms with Crippen LogP contribution in [-0.2, 0) is 11.2 Å². The van der Waals surface area contributed by atoms with E-state index in [1.54, 1.807) is 0 Å². The predicted molar refractivity (Wildman–Crippen MR) is 66.6 cm³/mol. The van der Waals surface area contributed by atoms with E-state index >= 15 is 0 Å². The van der Waals surface area contributed by atoms with Crippen molar-refractivity contribution in [1.82, 2.24) is 5.32 Å². The van der Waals surface area contributed by atoms with Crippen LogP contribution in [0.15, 0.2) is 30.3 Å². The van der Waals surface area contributed by atoms with Gasteiger partial charge in [-0.3, -0.25) is 0 Å². The van der Waals surface area contributed by atoms with Crippen LogP contribution in [0.3, 0.4) is 0 Å². The quantitative estimate of drug-likeness (QED) is 0.839. The standard InChI is InChI=1S/C14H21NO/c1-16-14(9-11-15-12-10-14)8-7-13-5-3-2-4-6-13/h2-6,15H,7-12H2,1H3. The van der Waals surface area contributed by atoms with Crippen molar-refractivity contribution in [2.75, 3.05) is 20.2 Å².